The van der Waals surface area contributed by atoms with Crippen molar-refractivity contribution in [2.24, 2.45) is 5.41 Å². The molecule has 1 saturated carbocycles. The van der Waals surface area contributed by atoms with E-state index < -0.39 is 15.9 Å². The molecule has 0 unspecified atom stereocenters. The van der Waals surface area contributed by atoms with Crippen LogP contribution in [0.15, 0.2) is 41.3 Å². The van der Waals surface area contributed by atoms with E-state index in [4.69, 9.17) is 4.74 Å². The maximum atomic E-state index is 13.4. The number of nitrogens with one attached hydrogen (secondary N) is 2. The molecule has 1 aliphatic rings. The van der Waals surface area contributed by atoms with Crippen molar-refractivity contribution in [1.29, 1.82) is 0 Å². The lowest BCUT2D eigenvalue weighted by molar-refractivity contribution is 0.102. The minimum atomic E-state index is -3.77. The summed E-state index contributed by atoms with van der Waals surface area (Å²) in [7, 11) is -2.37. The highest BCUT2D eigenvalue weighted by Crippen LogP contribution is 2.40. The van der Waals surface area contributed by atoms with Crippen LogP contribution < -0.4 is 14.8 Å². The molecule has 8 heteroatoms. The first-order chi connectivity index (χ1) is 13.5. The van der Waals surface area contributed by atoms with Crippen LogP contribution in [0.2, 0.25) is 0 Å². The van der Waals surface area contributed by atoms with Gasteiger partial charge in [-0.25, -0.2) is 17.5 Å². The second-order valence-electron chi connectivity index (χ2n) is 8.17. The Morgan fingerprint density at radius 2 is 1.86 bits per heavy atom. The molecule has 0 heterocycles. The van der Waals surface area contributed by atoms with E-state index >= 15 is 0 Å². The molecule has 0 aliphatic heterocycles. The average molecular weight is 421 g/mol. The summed E-state index contributed by atoms with van der Waals surface area (Å²) in [5.74, 6) is -0.682. The Bertz CT molecular complexity index is 1040. The molecule has 0 atom stereocenters. The van der Waals surface area contributed by atoms with E-state index in [2.05, 4.69) is 23.9 Å². The normalized spacial score (nSPS) is 16.2. The topological polar surface area (TPSA) is 84.5 Å². The number of benzene rings is 2. The molecule has 3 rings (SSSR count). The van der Waals surface area contributed by atoms with E-state index in [-0.39, 0.29) is 33.5 Å². The van der Waals surface area contributed by atoms with Crippen molar-refractivity contribution in [3.05, 3.63) is 53.3 Å². The third kappa shape index (κ3) is 4.76. The summed E-state index contributed by atoms with van der Waals surface area (Å²) in [6.07, 6.45) is 1.53. The molecule has 156 valence electrons. The summed E-state index contributed by atoms with van der Waals surface area (Å²) in [4.78, 5) is 12.7. The van der Waals surface area contributed by atoms with Crippen LogP contribution in [-0.2, 0) is 10.0 Å². The second-order valence-corrected chi connectivity index (χ2v) is 9.88. The van der Waals surface area contributed by atoms with Gasteiger partial charge in [-0.2, -0.15) is 0 Å². The van der Waals surface area contributed by atoms with Crippen LogP contribution in [0.1, 0.15) is 42.6 Å². The number of ether oxygens (including phenoxy) is 1. The SMILES string of the molecule is COc1ccc(S(=O)(=O)NC2CC(C)(C)C2)cc1C(=O)Nc1ccc(F)c(C)c1. The fourth-order valence-electron chi connectivity index (χ4n) is 3.60. The van der Waals surface area contributed by atoms with Crippen molar-refractivity contribution >= 4 is 21.6 Å². The van der Waals surface area contributed by atoms with Gasteiger partial charge in [0.25, 0.3) is 5.91 Å². The summed E-state index contributed by atoms with van der Waals surface area (Å²) < 4.78 is 46.8. The maximum Gasteiger partial charge on any atom is 0.259 e. The standard InChI is InChI=1S/C21H25FN2O4S/c1-13-9-14(5-7-18(13)22)23-20(25)17-10-16(6-8-19(17)28-4)29(26,27)24-15-11-21(2,3)12-15/h5-10,15,24H,11-12H2,1-4H3,(H,23,25). The van der Waals surface area contributed by atoms with Crippen LogP contribution in [0.5, 0.6) is 5.75 Å². The predicted octanol–water partition coefficient (Wildman–Crippen LogP) is 3.86. The minimum Gasteiger partial charge on any atom is -0.496 e. The number of methoxy groups -OCH3 is 1. The number of hydrogen-bond donors (Lipinski definition) is 2. The average Bonchev–Trinajstić information content (AvgIpc) is 2.62. The Balaban J connectivity index is 1.84. The summed E-state index contributed by atoms with van der Waals surface area (Å²) in [6.45, 7) is 5.77. The third-order valence-electron chi connectivity index (χ3n) is 5.06. The molecule has 0 saturated heterocycles. The van der Waals surface area contributed by atoms with Gasteiger partial charge in [0, 0.05) is 11.7 Å². The zero-order chi connectivity index (χ0) is 21.4. The monoisotopic (exact) mass is 420 g/mol. The zero-order valence-corrected chi connectivity index (χ0v) is 17.7. The Kier molecular flexibility index (Phi) is 5.69. The van der Waals surface area contributed by atoms with Gasteiger partial charge in [-0.05, 0) is 67.1 Å². The largest absolute Gasteiger partial charge is 0.496 e. The van der Waals surface area contributed by atoms with Crippen molar-refractivity contribution in [2.45, 2.75) is 44.6 Å². The number of rotatable bonds is 6. The quantitative estimate of drug-likeness (QED) is 0.743. The van der Waals surface area contributed by atoms with Crippen LogP contribution in [0.3, 0.4) is 0 Å². The van der Waals surface area contributed by atoms with Crippen LogP contribution in [0, 0.1) is 18.2 Å². The maximum absolute atomic E-state index is 13.4. The van der Waals surface area contributed by atoms with Crippen molar-refractivity contribution in [3.8, 4) is 5.75 Å². The van der Waals surface area contributed by atoms with Crippen LogP contribution in [-0.4, -0.2) is 27.5 Å². The van der Waals surface area contributed by atoms with Gasteiger partial charge >= 0.3 is 0 Å². The molecule has 6 nitrogen and oxygen atoms in total. The lowest BCUT2D eigenvalue weighted by atomic mass is 9.69. The fourth-order valence-corrected chi connectivity index (χ4v) is 4.86. The number of carbonyl (C=O) groups excluding carboxylic acids is 1. The molecule has 1 aliphatic carbocycles. The van der Waals surface area contributed by atoms with Gasteiger partial charge in [-0.1, -0.05) is 13.8 Å². The highest BCUT2D eigenvalue weighted by molar-refractivity contribution is 7.89. The molecular formula is C21H25FN2O4S. The van der Waals surface area contributed by atoms with Crippen LogP contribution in [0.4, 0.5) is 10.1 Å². The van der Waals surface area contributed by atoms with E-state index in [9.17, 15) is 17.6 Å². The van der Waals surface area contributed by atoms with Gasteiger partial charge in [0.05, 0.1) is 17.6 Å². The number of carbonyl (C=O) groups is 1. The third-order valence-corrected chi connectivity index (χ3v) is 6.58. The van der Waals surface area contributed by atoms with Crippen molar-refractivity contribution in [2.75, 3.05) is 12.4 Å². The molecule has 29 heavy (non-hydrogen) atoms. The summed E-state index contributed by atoms with van der Waals surface area (Å²) >= 11 is 0. The molecule has 0 bridgehead atoms. The van der Waals surface area contributed by atoms with Gasteiger partial charge in [0.15, 0.2) is 0 Å². The highest BCUT2D eigenvalue weighted by Gasteiger charge is 2.38. The molecule has 1 fully saturated rings. The van der Waals surface area contributed by atoms with E-state index in [1.165, 1.54) is 43.5 Å². The summed E-state index contributed by atoms with van der Waals surface area (Å²) in [6, 6.07) is 8.22. The number of anilines is 1. The first kappa shape index (κ1) is 21.3. The van der Waals surface area contributed by atoms with Crippen molar-refractivity contribution in [1.82, 2.24) is 4.72 Å². The molecule has 1 amide bonds. The van der Waals surface area contributed by atoms with E-state index in [1.807, 2.05) is 0 Å². The second kappa shape index (κ2) is 7.76. The van der Waals surface area contributed by atoms with E-state index in [1.54, 1.807) is 6.92 Å². The van der Waals surface area contributed by atoms with Crippen LogP contribution in [0.25, 0.3) is 0 Å². The molecule has 2 N–H and O–H groups in total. The van der Waals surface area contributed by atoms with E-state index in [0.717, 1.165) is 12.8 Å². The first-order valence-corrected chi connectivity index (χ1v) is 10.8. The van der Waals surface area contributed by atoms with Crippen molar-refractivity contribution in [3.63, 3.8) is 0 Å². The van der Waals surface area contributed by atoms with Gasteiger partial charge < -0.3 is 10.1 Å². The number of aryl methyl sites for hydroxylation is 1. The number of amides is 1. The smallest absolute Gasteiger partial charge is 0.259 e. The number of halogens is 1. The molecular weight excluding hydrogens is 395 g/mol. The summed E-state index contributed by atoms with van der Waals surface area (Å²) in [5.41, 5.74) is 0.995. The molecule has 0 radical (unpaired) electrons. The molecule has 0 aromatic heterocycles. The molecule has 2 aromatic carbocycles. The number of sulfonamides is 1. The molecule has 0 spiro atoms. The van der Waals surface area contributed by atoms with Gasteiger partial charge in [-0.3, -0.25) is 4.79 Å². The Labute approximate surface area is 170 Å². The Hall–Kier alpha value is -2.45. The van der Waals surface area contributed by atoms with Gasteiger partial charge in [0.2, 0.25) is 10.0 Å². The Morgan fingerprint density at radius 3 is 2.45 bits per heavy atom. The first-order valence-electron chi connectivity index (χ1n) is 9.29. The number of hydrogen-bond acceptors (Lipinski definition) is 4. The van der Waals surface area contributed by atoms with Gasteiger partial charge in [-0.15, -0.1) is 0 Å². The predicted molar refractivity (Wildman–Crippen MR) is 109 cm³/mol. The minimum absolute atomic E-state index is 0.0107. The van der Waals surface area contributed by atoms with Gasteiger partial charge in [0.1, 0.15) is 11.6 Å². The van der Waals surface area contributed by atoms with E-state index in [0.29, 0.717) is 11.3 Å². The van der Waals surface area contributed by atoms with Crippen molar-refractivity contribution < 1.29 is 22.3 Å². The zero-order valence-electron chi connectivity index (χ0n) is 16.9. The Morgan fingerprint density at radius 1 is 1.17 bits per heavy atom. The fraction of sp³-hybridized carbons (Fsp3) is 0.381. The highest BCUT2D eigenvalue weighted by atomic mass is 32.2. The lowest BCUT2D eigenvalue weighted by Gasteiger charge is -2.42. The van der Waals surface area contributed by atoms with Crippen LogP contribution >= 0.6 is 0 Å². The summed E-state index contributed by atoms with van der Waals surface area (Å²) in [5, 5.41) is 2.65. The lowest BCUT2D eigenvalue weighted by Crippen LogP contribution is -2.48. The molecule has 2 aromatic rings.